The molecule has 8 heteroatoms. The minimum atomic E-state index is -0.698. The minimum Gasteiger partial charge on any atom is -0.490 e. The van der Waals surface area contributed by atoms with Gasteiger partial charge in [-0.25, -0.2) is 4.39 Å². The number of hydrogen-bond donors (Lipinski definition) is 0. The second-order valence-electron chi connectivity index (χ2n) is 8.61. The largest absolute Gasteiger partial charge is 0.490 e. The van der Waals surface area contributed by atoms with Crippen molar-refractivity contribution in [3.63, 3.8) is 0 Å². The number of carbonyl (C=O) groups excluding carboxylic acids is 1. The van der Waals surface area contributed by atoms with Gasteiger partial charge in [-0.1, -0.05) is 18.7 Å². The number of carbonyl (C=O) groups is 1. The predicted octanol–water partition coefficient (Wildman–Crippen LogP) is 4.39. The first-order valence-corrected chi connectivity index (χ1v) is 11.6. The van der Waals surface area contributed by atoms with Crippen LogP contribution in [-0.4, -0.2) is 56.1 Å². The van der Waals surface area contributed by atoms with Crippen molar-refractivity contribution in [2.75, 3.05) is 40.4 Å². The third-order valence-electron chi connectivity index (χ3n) is 5.87. The molecule has 0 radical (unpaired) electrons. The zero-order valence-corrected chi connectivity index (χ0v) is 20.2. The summed E-state index contributed by atoms with van der Waals surface area (Å²) >= 11 is 0. The average molecular weight is 481 g/mol. The van der Waals surface area contributed by atoms with Crippen molar-refractivity contribution in [3.8, 4) is 11.5 Å². The summed E-state index contributed by atoms with van der Waals surface area (Å²) in [5.74, 6) is 0.116. The van der Waals surface area contributed by atoms with Gasteiger partial charge >= 0.3 is 0 Å². The lowest BCUT2D eigenvalue weighted by atomic mass is 9.98. The van der Waals surface area contributed by atoms with Gasteiger partial charge in [0, 0.05) is 6.54 Å². The molecule has 1 atom stereocenters. The molecule has 3 aromatic rings. The molecule has 2 aromatic carbocycles. The summed E-state index contributed by atoms with van der Waals surface area (Å²) in [6.07, 6.45) is 2.34. The van der Waals surface area contributed by atoms with Crippen LogP contribution in [0.5, 0.6) is 11.5 Å². The molecule has 0 saturated heterocycles. The first-order chi connectivity index (χ1) is 16.8. The highest BCUT2D eigenvalue weighted by Crippen LogP contribution is 2.41. The van der Waals surface area contributed by atoms with Gasteiger partial charge in [0.1, 0.15) is 18.0 Å². The Bertz CT molecular complexity index is 1320. The van der Waals surface area contributed by atoms with Gasteiger partial charge in [0.2, 0.25) is 5.76 Å². The Hall–Kier alpha value is -3.65. The van der Waals surface area contributed by atoms with Gasteiger partial charge in [-0.15, -0.1) is 0 Å². The highest BCUT2D eigenvalue weighted by molar-refractivity contribution is 5.99. The molecule has 7 nitrogen and oxygen atoms in total. The number of hydrogen-bond acceptors (Lipinski definition) is 6. The molecule has 0 bridgehead atoms. The lowest BCUT2D eigenvalue weighted by molar-refractivity contribution is 0.0722. The second-order valence-corrected chi connectivity index (χ2v) is 8.61. The van der Waals surface area contributed by atoms with Crippen LogP contribution in [0.1, 0.15) is 41.1 Å². The fraction of sp³-hybridized carbons (Fsp3) is 0.333. The van der Waals surface area contributed by atoms with Gasteiger partial charge < -0.3 is 23.7 Å². The number of nitrogens with zero attached hydrogens (tertiary/aromatic N) is 2. The molecule has 0 spiro atoms. The van der Waals surface area contributed by atoms with Crippen LogP contribution in [-0.2, 0) is 0 Å². The Morgan fingerprint density at radius 3 is 2.66 bits per heavy atom. The van der Waals surface area contributed by atoms with E-state index in [2.05, 4.69) is 6.58 Å². The van der Waals surface area contributed by atoms with E-state index in [0.717, 1.165) is 12.6 Å². The molecule has 1 unspecified atom stereocenters. The molecular weight excluding hydrogens is 451 g/mol. The van der Waals surface area contributed by atoms with Crippen LogP contribution in [0.2, 0.25) is 0 Å². The summed E-state index contributed by atoms with van der Waals surface area (Å²) in [5.41, 5.74) is 0.652. The molecule has 0 fully saturated rings. The van der Waals surface area contributed by atoms with E-state index in [9.17, 15) is 14.0 Å². The molecule has 0 aliphatic carbocycles. The lowest BCUT2D eigenvalue weighted by Gasteiger charge is -2.26. The number of ether oxygens (including phenoxy) is 2. The number of rotatable bonds is 10. The number of amides is 1. The van der Waals surface area contributed by atoms with Crippen molar-refractivity contribution >= 4 is 16.9 Å². The van der Waals surface area contributed by atoms with Crippen LogP contribution in [0.3, 0.4) is 0 Å². The van der Waals surface area contributed by atoms with Crippen LogP contribution in [0.25, 0.3) is 11.0 Å². The van der Waals surface area contributed by atoms with Gasteiger partial charge in [0.25, 0.3) is 5.91 Å². The lowest BCUT2D eigenvalue weighted by Crippen LogP contribution is -2.32. The summed E-state index contributed by atoms with van der Waals surface area (Å²) in [6, 6.07) is 8.38. The highest BCUT2D eigenvalue weighted by atomic mass is 19.1. The summed E-state index contributed by atoms with van der Waals surface area (Å²) in [6.45, 7) is 7.43. The highest BCUT2D eigenvalue weighted by Gasteiger charge is 2.42. The van der Waals surface area contributed by atoms with E-state index < -0.39 is 17.3 Å². The maximum atomic E-state index is 14.0. The Morgan fingerprint density at radius 1 is 1.14 bits per heavy atom. The average Bonchev–Trinajstić information content (AvgIpc) is 3.10. The van der Waals surface area contributed by atoms with Crippen molar-refractivity contribution < 1.29 is 23.1 Å². The topological polar surface area (TPSA) is 72.2 Å². The van der Waals surface area contributed by atoms with Gasteiger partial charge in [0.15, 0.2) is 16.9 Å². The maximum Gasteiger partial charge on any atom is 0.290 e. The van der Waals surface area contributed by atoms with Crippen molar-refractivity contribution in [1.29, 1.82) is 0 Å². The summed E-state index contributed by atoms with van der Waals surface area (Å²) in [5, 5.41) is 0.104. The molecule has 2 heterocycles. The van der Waals surface area contributed by atoms with E-state index in [0.29, 0.717) is 43.2 Å². The first-order valence-electron chi connectivity index (χ1n) is 11.6. The SMILES string of the molecule is C=CCOc1ccc(C2c3c(oc4ccc(F)cc4c3=O)C(=O)N2CCCN(C)C)cc1OCC. The van der Waals surface area contributed by atoms with E-state index in [1.165, 1.54) is 12.1 Å². The molecule has 0 N–H and O–H groups in total. The smallest absolute Gasteiger partial charge is 0.290 e. The van der Waals surface area contributed by atoms with Gasteiger partial charge in [0.05, 0.1) is 23.6 Å². The fourth-order valence-corrected chi connectivity index (χ4v) is 4.36. The van der Waals surface area contributed by atoms with E-state index >= 15 is 0 Å². The van der Waals surface area contributed by atoms with Crippen LogP contribution in [0.4, 0.5) is 4.39 Å². The molecule has 1 aromatic heterocycles. The molecular formula is C27H29FN2O5. The van der Waals surface area contributed by atoms with Gasteiger partial charge in [-0.3, -0.25) is 9.59 Å². The minimum absolute atomic E-state index is 0.00564. The molecule has 1 aliphatic rings. The molecule has 184 valence electrons. The Labute approximate surface area is 203 Å². The monoisotopic (exact) mass is 480 g/mol. The van der Waals surface area contributed by atoms with Crippen LogP contribution >= 0.6 is 0 Å². The van der Waals surface area contributed by atoms with E-state index in [4.69, 9.17) is 13.9 Å². The van der Waals surface area contributed by atoms with E-state index in [1.807, 2.05) is 32.0 Å². The Balaban J connectivity index is 1.87. The second kappa shape index (κ2) is 10.3. The standard InChI is InChI=1S/C27H29FN2O5/c1-5-14-34-21-10-8-17(15-22(21)33-6-2)24-23-25(31)19-16-18(28)9-11-20(19)35-26(23)27(32)30(24)13-7-12-29(3)4/h5,8-11,15-16,24H,1,6-7,12-14H2,2-4H3. The normalized spacial score (nSPS) is 15.1. The number of halogens is 1. The number of fused-ring (bicyclic) bond motifs is 2. The third-order valence-corrected chi connectivity index (χ3v) is 5.87. The molecule has 0 saturated carbocycles. The Morgan fingerprint density at radius 2 is 1.94 bits per heavy atom. The predicted molar refractivity (Wildman–Crippen MR) is 132 cm³/mol. The van der Waals surface area contributed by atoms with Crippen molar-refractivity contribution in [1.82, 2.24) is 9.80 Å². The van der Waals surface area contributed by atoms with Crippen LogP contribution in [0, 0.1) is 5.82 Å². The van der Waals surface area contributed by atoms with Gasteiger partial charge in [-0.05, 0) is 69.9 Å². The fourth-order valence-electron chi connectivity index (χ4n) is 4.36. The summed E-state index contributed by atoms with van der Waals surface area (Å²) in [4.78, 5) is 30.7. The molecule has 35 heavy (non-hydrogen) atoms. The van der Waals surface area contributed by atoms with Crippen LogP contribution in [0.15, 0.2) is 58.3 Å². The van der Waals surface area contributed by atoms with E-state index in [-0.39, 0.29) is 28.2 Å². The summed E-state index contributed by atoms with van der Waals surface area (Å²) < 4.78 is 31.4. The molecule has 1 aliphatic heterocycles. The third kappa shape index (κ3) is 4.79. The molecule has 4 rings (SSSR count). The quantitative estimate of drug-likeness (QED) is 0.401. The zero-order chi connectivity index (χ0) is 25.1. The van der Waals surface area contributed by atoms with Crippen molar-refractivity contribution in [3.05, 3.63) is 82.0 Å². The zero-order valence-electron chi connectivity index (χ0n) is 20.2. The van der Waals surface area contributed by atoms with E-state index in [1.54, 1.807) is 23.1 Å². The van der Waals surface area contributed by atoms with Crippen LogP contribution < -0.4 is 14.9 Å². The maximum absolute atomic E-state index is 14.0. The van der Waals surface area contributed by atoms with Gasteiger partial charge in [-0.2, -0.15) is 0 Å². The number of benzene rings is 2. The molecule has 1 amide bonds. The van der Waals surface area contributed by atoms with Crippen molar-refractivity contribution in [2.24, 2.45) is 0 Å². The summed E-state index contributed by atoms with van der Waals surface area (Å²) in [7, 11) is 3.92. The Kier molecular flexibility index (Phi) is 7.21. The first kappa shape index (κ1) is 24.5. The van der Waals surface area contributed by atoms with Crippen molar-refractivity contribution in [2.45, 2.75) is 19.4 Å².